The van der Waals surface area contributed by atoms with Crippen LogP contribution in [-0.2, 0) is 23.8 Å². The predicted molar refractivity (Wildman–Crippen MR) is 70.5 cm³/mol. The Hall–Kier alpha value is -1.86. The Kier molecular flexibility index (Phi) is 4.64. The lowest BCUT2D eigenvalue weighted by Crippen LogP contribution is -2.11. The number of hydrogen-bond acceptors (Lipinski definition) is 5. The molecule has 0 radical (unpaired) electrons. The normalized spacial score (nSPS) is 25.6. The molecule has 116 valence electrons. The molecule has 21 heavy (non-hydrogen) atoms. The maximum atomic E-state index is 11.1. The van der Waals surface area contributed by atoms with Crippen LogP contribution < -0.4 is 0 Å². The summed E-state index contributed by atoms with van der Waals surface area (Å²) in [5, 5.41) is 18.2. The molecule has 0 bridgehead atoms. The molecule has 2 fully saturated rings. The van der Waals surface area contributed by atoms with Gasteiger partial charge in [0, 0.05) is 12.8 Å². The summed E-state index contributed by atoms with van der Waals surface area (Å²) in [5.41, 5.74) is 0.107. The third-order valence-corrected chi connectivity index (χ3v) is 3.36. The van der Waals surface area contributed by atoms with Crippen LogP contribution in [0.1, 0.15) is 26.7 Å². The van der Waals surface area contributed by atoms with Crippen LogP contribution in [-0.4, -0.2) is 47.6 Å². The molecule has 2 heterocycles. The minimum absolute atomic E-state index is 0.0536. The average molecular weight is 298 g/mol. The second kappa shape index (κ2) is 6.28. The highest BCUT2D eigenvalue weighted by Gasteiger charge is 2.31. The van der Waals surface area contributed by atoms with Crippen molar-refractivity contribution < 1.29 is 34.0 Å². The molecule has 7 nitrogen and oxygen atoms in total. The maximum Gasteiger partial charge on any atom is 0.334 e. The molecule has 7 heteroatoms. The summed E-state index contributed by atoms with van der Waals surface area (Å²) in [6.07, 6.45) is 0.524. The number of carboxylic acids is 2. The van der Waals surface area contributed by atoms with Crippen molar-refractivity contribution in [2.24, 2.45) is 0 Å². The fourth-order valence-corrected chi connectivity index (χ4v) is 1.72. The van der Waals surface area contributed by atoms with Gasteiger partial charge in [-0.25, -0.2) is 9.59 Å². The summed E-state index contributed by atoms with van der Waals surface area (Å²) in [4.78, 5) is 22.3. The zero-order valence-corrected chi connectivity index (χ0v) is 11.9. The van der Waals surface area contributed by atoms with E-state index in [1.54, 1.807) is 0 Å². The first kappa shape index (κ1) is 15.5. The van der Waals surface area contributed by atoms with Crippen molar-refractivity contribution in [2.45, 2.75) is 38.9 Å². The van der Waals surface area contributed by atoms with E-state index in [0.29, 0.717) is 26.1 Å². The van der Waals surface area contributed by atoms with Crippen LogP contribution in [0.15, 0.2) is 22.7 Å². The molecular weight excluding hydrogens is 280 g/mol. The topological polar surface area (TPSA) is 109 Å². The molecule has 0 aromatic carbocycles. The van der Waals surface area contributed by atoms with Crippen molar-refractivity contribution in [1.82, 2.24) is 0 Å². The average Bonchev–Trinajstić information content (AvgIpc) is 3.30. The molecular formula is C14H18O7. The largest absolute Gasteiger partial charge is 0.478 e. The van der Waals surface area contributed by atoms with Gasteiger partial charge < -0.3 is 24.4 Å². The smallest absolute Gasteiger partial charge is 0.334 e. The third kappa shape index (κ3) is 4.57. The van der Waals surface area contributed by atoms with Gasteiger partial charge in [-0.1, -0.05) is 0 Å². The second-order valence-corrected chi connectivity index (χ2v) is 5.13. The molecule has 0 aromatic heterocycles. The lowest BCUT2D eigenvalue weighted by molar-refractivity contribution is -0.133. The predicted octanol–water partition coefficient (Wildman–Crippen LogP) is 1.30. The molecule has 2 unspecified atom stereocenters. The highest BCUT2D eigenvalue weighted by molar-refractivity contribution is 5.87. The highest BCUT2D eigenvalue weighted by atomic mass is 16.6. The van der Waals surface area contributed by atoms with Gasteiger partial charge in [0.1, 0.15) is 11.5 Å². The van der Waals surface area contributed by atoms with Crippen LogP contribution >= 0.6 is 0 Å². The zero-order chi connectivity index (χ0) is 15.6. The van der Waals surface area contributed by atoms with E-state index in [-0.39, 0.29) is 34.9 Å². The summed E-state index contributed by atoms with van der Waals surface area (Å²) in [6.45, 7) is 3.98. The van der Waals surface area contributed by atoms with Gasteiger partial charge in [-0.15, -0.1) is 0 Å². The van der Waals surface area contributed by atoms with Crippen molar-refractivity contribution in [3.8, 4) is 0 Å². The third-order valence-electron chi connectivity index (χ3n) is 3.36. The SMILES string of the molecule is CC(C(=O)O)=C(CC1CO1)OC(CC1CO1)=C(C)C(=O)O. The summed E-state index contributed by atoms with van der Waals surface area (Å²) in [7, 11) is 0. The van der Waals surface area contributed by atoms with Crippen LogP contribution in [0.3, 0.4) is 0 Å². The lowest BCUT2D eigenvalue weighted by Gasteiger charge is -2.15. The monoisotopic (exact) mass is 298 g/mol. The van der Waals surface area contributed by atoms with Gasteiger partial charge >= 0.3 is 11.9 Å². The zero-order valence-electron chi connectivity index (χ0n) is 11.9. The minimum atomic E-state index is -1.10. The van der Waals surface area contributed by atoms with E-state index < -0.39 is 11.9 Å². The number of rotatable bonds is 8. The number of ether oxygens (including phenoxy) is 3. The van der Waals surface area contributed by atoms with Gasteiger partial charge in [-0.3, -0.25) is 0 Å². The number of hydrogen-bond donors (Lipinski definition) is 2. The van der Waals surface area contributed by atoms with Gasteiger partial charge in [-0.05, 0) is 13.8 Å². The number of carboxylic acid groups (broad SMARTS) is 2. The Morgan fingerprint density at radius 1 is 0.952 bits per heavy atom. The van der Waals surface area contributed by atoms with Gasteiger partial charge in [0.05, 0.1) is 36.6 Å². The van der Waals surface area contributed by atoms with Crippen LogP contribution in [0.5, 0.6) is 0 Å². The van der Waals surface area contributed by atoms with Crippen LogP contribution in [0, 0.1) is 0 Å². The van der Waals surface area contributed by atoms with Crippen molar-refractivity contribution in [3.63, 3.8) is 0 Å². The summed E-state index contributed by atoms with van der Waals surface area (Å²) >= 11 is 0. The Bertz CT molecular complexity index is 463. The number of epoxide rings is 2. The van der Waals surface area contributed by atoms with Crippen molar-refractivity contribution >= 4 is 11.9 Å². The van der Waals surface area contributed by atoms with E-state index in [0.717, 1.165) is 0 Å². The molecule has 2 aliphatic heterocycles. The molecule has 0 aliphatic carbocycles. The molecule has 2 aliphatic rings. The molecule has 2 rings (SSSR count). The molecule has 2 N–H and O–H groups in total. The molecule has 0 spiro atoms. The van der Waals surface area contributed by atoms with E-state index in [1.165, 1.54) is 13.8 Å². The summed E-state index contributed by atoms with van der Waals surface area (Å²) in [6, 6.07) is 0. The first-order valence-corrected chi connectivity index (χ1v) is 6.65. The standard InChI is InChI=1S/C14H18O7/c1-7(13(15)16)11(3-9-5-19-9)21-12(4-10-6-20-10)8(2)14(17)18/h9-10H,3-6H2,1-2H3,(H,15,16)(H,17,18). The van der Waals surface area contributed by atoms with Gasteiger partial charge in [0.2, 0.25) is 0 Å². The molecule has 2 atom stereocenters. The highest BCUT2D eigenvalue weighted by Crippen LogP contribution is 2.29. The van der Waals surface area contributed by atoms with Gasteiger partial charge in [-0.2, -0.15) is 0 Å². The van der Waals surface area contributed by atoms with Crippen molar-refractivity contribution in [3.05, 3.63) is 22.7 Å². The molecule has 2 saturated heterocycles. The summed E-state index contributed by atoms with van der Waals surface area (Å²) < 4.78 is 15.8. The summed E-state index contributed by atoms with van der Waals surface area (Å²) in [5.74, 6) is -1.72. The van der Waals surface area contributed by atoms with Crippen LogP contribution in [0.4, 0.5) is 0 Å². The first-order valence-electron chi connectivity index (χ1n) is 6.65. The molecule has 0 aromatic rings. The van der Waals surface area contributed by atoms with E-state index in [2.05, 4.69) is 0 Å². The number of aliphatic carboxylic acids is 2. The number of carbonyl (C=O) groups is 2. The molecule has 0 amide bonds. The fourth-order valence-electron chi connectivity index (χ4n) is 1.72. The quantitative estimate of drug-likeness (QED) is 0.395. The van der Waals surface area contributed by atoms with E-state index in [9.17, 15) is 9.59 Å². The van der Waals surface area contributed by atoms with Crippen LogP contribution in [0.25, 0.3) is 0 Å². The van der Waals surface area contributed by atoms with E-state index in [4.69, 9.17) is 24.4 Å². The molecule has 0 saturated carbocycles. The van der Waals surface area contributed by atoms with Gasteiger partial charge in [0.15, 0.2) is 0 Å². The Morgan fingerprint density at radius 2 is 1.29 bits per heavy atom. The fraction of sp³-hybridized carbons (Fsp3) is 0.571. The Morgan fingerprint density at radius 3 is 1.52 bits per heavy atom. The first-order chi connectivity index (χ1) is 9.88. The second-order valence-electron chi connectivity index (χ2n) is 5.13. The van der Waals surface area contributed by atoms with E-state index >= 15 is 0 Å². The Balaban J connectivity index is 2.21. The Labute approximate surface area is 121 Å². The lowest BCUT2D eigenvalue weighted by atomic mass is 10.1. The van der Waals surface area contributed by atoms with Crippen molar-refractivity contribution in [2.75, 3.05) is 13.2 Å². The van der Waals surface area contributed by atoms with Gasteiger partial charge in [0.25, 0.3) is 0 Å². The maximum absolute atomic E-state index is 11.1. The van der Waals surface area contributed by atoms with Crippen molar-refractivity contribution in [1.29, 1.82) is 0 Å². The minimum Gasteiger partial charge on any atom is -0.478 e. The van der Waals surface area contributed by atoms with Crippen LogP contribution in [0.2, 0.25) is 0 Å². The van der Waals surface area contributed by atoms with E-state index in [1.807, 2.05) is 0 Å².